The van der Waals surface area contributed by atoms with E-state index in [1.165, 1.54) is 0 Å². The Morgan fingerprint density at radius 2 is 2.29 bits per heavy atom. The highest BCUT2D eigenvalue weighted by Gasteiger charge is 2.06. The maximum absolute atomic E-state index is 11.7. The van der Waals surface area contributed by atoms with Gasteiger partial charge in [0.15, 0.2) is 5.82 Å². The first kappa shape index (κ1) is 15.9. The molecule has 1 amide bonds. The highest BCUT2D eigenvalue weighted by atomic mass is 79.9. The molecule has 2 N–H and O–H groups in total. The minimum Gasteiger partial charge on any atom is -0.492 e. The molecule has 1 heterocycles. The highest BCUT2D eigenvalue weighted by Crippen LogP contribution is 2.27. The molecule has 2 rings (SSSR count). The van der Waals surface area contributed by atoms with Crippen LogP contribution in [0, 0.1) is 6.92 Å². The maximum atomic E-state index is 11.7. The van der Waals surface area contributed by atoms with Crippen LogP contribution in [0.4, 0.5) is 5.82 Å². The zero-order valence-corrected chi connectivity index (χ0v) is 13.8. The van der Waals surface area contributed by atoms with Crippen LogP contribution in [-0.4, -0.2) is 22.7 Å². The Hall–Kier alpha value is -1.53. The fraction of sp³-hybridized carbons (Fsp3) is 0.286. The summed E-state index contributed by atoms with van der Waals surface area (Å²) in [5, 5.41) is 9.96. The molecule has 7 heteroatoms. The Kier molecular flexibility index (Phi) is 5.64. The van der Waals surface area contributed by atoms with E-state index in [4.69, 9.17) is 16.3 Å². The van der Waals surface area contributed by atoms with Crippen molar-refractivity contribution in [2.45, 2.75) is 19.8 Å². The largest absolute Gasteiger partial charge is 0.492 e. The van der Waals surface area contributed by atoms with Gasteiger partial charge in [0.2, 0.25) is 5.91 Å². The lowest BCUT2D eigenvalue weighted by molar-refractivity contribution is -0.116. The average Bonchev–Trinajstić information content (AvgIpc) is 2.82. The van der Waals surface area contributed by atoms with E-state index in [9.17, 15) is 4.79 Å². The van der Waals surface area contributed by atoms with E-state index in [1.807, 2.05) is 13.0 Å². The van der Waals surface area contributed by atoms with Gasteiger partial charge in [-0.25, -0.2) is 0 Å². The number of benzene rings is 1. The van der Waals surface area contributed by atoms with E-state index in [0.29, 0.717) is 36.0 Å². The summed E-state index contributed by atoms with van der Waals surface area (Å²) in [6.07, 6.45) is 0.960. The quantitative estimate of drug-likeness (QED) is 0.755. The second-order valence-electron chi connectivity index (χ2n) is 4.51. The van der Waals surface area contributed by atoms with Gasteiger partial charge in [0, 0.05) is 22.7 Å². The number of halogens is 2. The third-order valence-corrected chi connectivity index (χ3v) is 3.46. The lowest BCUT2D eigenvalue weighted by Crippen LogP contribution is -2.13. The second kappa shape index (κ2) is 7.47. The van der Waals surface area contributed by atoms with Crippen molar-refractivity contribution >= 4 is 39.3 Å². The summed E-state index contributed by atoms with van der Waals surface area (Å²) in [4.78, 5) is 11.7. The van der Waals surface area contributed by atoms with Gasteiger partial charge in [0.05, 0.1) is 11.6 Å². The molecule has 0 bridgehead atoms. The molecule has 0 saturated heterocycles. The third kappa shape index (κ3) is 5.06. The standard InChI is InChI=1S/C14H15BrClN3O2/c1-9-7-13(19-18-9)17-14(20)3-2-6-21-12-5-4-10(15)8-11(12)16/h4-5,7-8H,2-3,6H2,1H3,(H2,17,18,19,20). The Morgan fingerprint density at radius 3 is 2.95 bits per heavy atom. The molecule has 0 unspecified atom stereocenters. The number of aromatic nitrogens is 2. The number of nitrogens with zero attached hydrogens (tertiary/aromatic N) is 1. The summed E-state index contributed by atoms with van der Waals surface area (Å²) >= 11 is 9.36. The van der Waals surface area contributed by atoms with E-state index in [0.717, 1.165) is 10.2 Å². The summed E-state index contributed by atoms with van der Waals surface area (Å²) in [7, 11) is 0. The van der Waals surface area contributed by atoms with Crippen molar-refractivity contribution in [3.05, 3.63) is 39.5 Å². The molecule has 0 aliphatic rings. The van der Waals surface area contributed by atoms with Crippen molar-refractivity contribution in [3.8, 4) is 5.75 Å². The van der Waals surface area contributed by atoms with Crippen molar-refractivity contribution in [1.82, 2.24) is 10.2 Å². The van der Waals surface area contributed by atoms with Gasteiger partial charge in [-0.1, -0.05) is 27.5 Å². The van der Waals surface area contributed by atoms with E-state index in [-0.39, 0.29) is 5.91 Å². The van der Waals surface area contributed by atoms with Gasteiger partial charge in [0.25, 0.3) is 0 Å². The normalized spacial score (nSPS) is 10.4. The molecule has 0 atom stereocenters. The zero-order chi connectivity index (χ0) is 15.2. The number of carbonyl (C=O) groups excluding carboxylic acids is 1. The summed E-state index contributed by atoms with van der Waals surface area (Å²) in [6, 6.07) is 7.19. The van der Waals surface area contributed by atoms with E-state index in [2.05, 4.69) is 31.4 Å². The van der Waals surface area contributed by atoms with Crippen molar-refractivity contribution in [2.75, 3.05) is 11.9 Å². The fourth-order valence-corrected chi connectivity index (χ4v) is 2.42. The van der Waals surface area contributed by atoms with E-state index in [1.54, 1.807) is 18.2 Å². The molecule has 0 saturated carbocycles. The first-order valence-corrected chi connectivity index (χ1v) is 7.61. The Labute approximate surface area is 136 Å². The molecule has 5 nitrogen and oxygen atoms in total. The molecule has 0 spiro atoms. The van der Waals surface area contributed by atoms with Crippen molar-refractivity contribution in [2.24, 2.45) is 0 Å². The van der Waals surface area contributed by atoms with Crippen LogP contribution in [0.3, 0.4) is 0 Å². The van der Waals surface area contributed by atoms with Crippen molar-refractivity contribution in [3.63, 3.8) is 0 Å². The van der Waals surface area contributed by atoms with Gasteiger partial charge in [-0.15, -0.1) is 0 Å². The van der Waals surface area contributed by atoms with Gasteiger partial charge in [-0.05, 0) is 31.5 Å². The summed E-state index contributed by atoms with van der Waals surface area (Å²) in [5.74, 6) is 1.06. The van der Waals surface area contributed by atoms with Gasteiger partial charge >= 0.3 is 0 Å². The number of H-pyrrole nitrogens is 1. The minimum atomic E-state index is -0.0907. The lowest BCUT2D eigenvalue weighted by atomic mass is 10.3. The molecular weight excluding hydrogens is 358 g/mol. The number of hydrogen-bond donors (Lipinski definition) is 2. The first-order valence-electron chi connectivity index (χ1n) is 6.44. The van der Waals surface area contributed by atoms with Gasteiger partial charge < -0.3 is 10.1 Å². The van der Waals surface area contributed by atoms with Crippen LogP contribution in [0.15, 0.2) is 28.7 Å². The zero-order valence-electron chi connectivity index (χ0n) is 11.5. The number of amides is 1. The molecule has 21 heavy (non-hydrogen) atoms. The van der Waals surface area contributed by atoms with Crippen LogP contribution in [0.5, 0.6) is 5.75 Å². The van der Waals surface area contributed by atoms with Gasteiger partial charge in [0.1, 0.15) is 5.75 Å². The predicted octanol–water partition coefficient (Wildman–Crippen LogP) is 3.93. The lowest BCUT2D eigenvalue weighted by Gasteiger charge is -2.08. The summed E-state index contributed by atoms with van der Waals surface area (Å²) < 4.78 is 6.44. The number of anilines is 1. The molecule has 0 fully saturated rings. The Balaban J connectivity index is 1.70. The highest BCUT2D eigenvalue weighted by molar-refractivity contribution is 9.10. The van der Waals surface area contributed by atoms with Crippen LogP contribution in [0.1, 0.15) is 18.5 Å². The molecular formula is C14H15BrClN3O2. The maximum Gasteiger partial charge on any atom is 0.225 e. The second-order valence-corrected chi connectivity index (χ2v) is 5.83. The number of aromatic amines is 1. The number of ether oxygens (including phenoxy) is 1. The molecule has 2 aromatic rings. The van der Waals surface area contributed by atoms with Gasteiger partial charge in [-0.3, -0.25) is 9.89 Å². The smallest absolute Gasteiger partial charge is 0.225 e. The first-order chi connectivity index (χ1) is 10.0. The molecule has 112 valence electrons. The number of rotatable bonds is 6. The SMILES string of the molecule is Cc1cc(NC(=O)CCCOc2ccc(Br)cc2Cl)n[nH]1. The number of nitrogens with one attached hydrogen (secondary N) is 2. The third-order valence-electron chi connectivity index (χ3n) is 2.67. The van der Waals surface area contributed by atoms with Crippen LogP contribution in [0.25, 0.3) is 0 Å². The fourth-order valence-electron chi connectivity index (χ4n) is 1.69. The summed E-state index contributed by atoms with van der Waals surface area (Å²) in [6.45, 7) is 2.30. The van der Waals surface area contributed by atoms with E-state index < -0.39 is 0 Å². The molecule has 0 radical (unpaired) electrons. The monoisotopic (exact) mass is 371 g/mol. The summed E-state index contributed by atoms with van der Waals surface area (Å²) in [5.41, 5.74) is 0.901. The average molecular weight is 373 g/mol. The Morgan fingerprint density at radius 1 is 1.48 bits per heavy atom. The molecule has 1 aromatic heterocycles. The van der Waals surface area contributed by atoms with Crippen LogP contribution >= 0.6 is 27.5 Å². The number of hydrogen-bond acceptors (Lipinski definition) is 3. The topological polar surface area (TPSA) is 67.0 Å². The number of carbonyl (C=O) groups is 1. The molecule has 0 aliphatic carbocycles. The Bertz CT molecular complexity index is 630. The molecule has 0 aliphatic heterocycles. The molecule has 1 aromatic carbocycles. The van der Waals surface area contributed by atoms with Crippen molar-refractivity contribution in [1.29, 1.82) is 0 Å². The van der Waals surface area contributed by atoms with Crippen LogP contribution < -0.4 is 10.1 Å². The number of aryl methyl sites for hydroxylation is 1. The minimum absolute atomic E-state index is 0.0907. The predicted molar refractivity (Wildman–Crippen MR) is 85.8 cm³/mol. The van der Waals surface area contributed by atoms with Gasteiger partial charge in [-0.2, -0.15) is 5.10 Å². The van der Waals surface area contributed by atoms with E-state index >= 15 is 0 Å². The van der Waals surface area contributed by atoms with Crippen LogP contribution in [-0.2, 0) is 4.79 Å². The van der Waals surface area contributed by atoms with Crippen molar-refractivity contribution < 1.29 is 9.53 Å². The van der Waals surface area contributed by atoms with Crippen LogP contribution in [0.2, 0.25) is 5.02 Å².